The van der Waals surface area contributed by atoms with Gasteiger partial charge in [0.15, 0.2) is 0 Å². The molecule has 1 rings (SSSR count). The lowest BCUT2D eigenvalue weighted by molar-refractivity contribution is 0.0598. The first-order valence-corrected chi connectivity index (χ1v) is 5.73. The first-order valence-electron chi connectivity index (χ1n) is 4.56. The van der Waals surface area contributed by atoms with Gasteiger partial charge in [0.25, 0.3) is 0 Å². The molecule has 1 aromatic carbocycles. The van der Waals surface area contributed by atoms with E-state index in [0.717, 1.165) is 5.56 Å². The van der Waals surface area contributed by atoms with Gasteiger partial charge in [-0.2, -0.15) is 0 Å². The second-order valence-corrected chi connectivity index (χ2v) is 4.45. The third-order valence-corrected chi connectivity index (χ3v) is 3.83. The number of ether oxygens (including phenoxy) is 2. The highest BCUT2D eigenvalue weighted by molar-refractivity contribution is 9.10. The molecule has 0 saturated carbocycles. The van der Waals surface area contributed by atoms with Crippen LogP contribution in [0.25, 0.3) is 0 Å². The van der Waals surface area contributed by atoms with Gasteiger partial charge in [0.2, 0.25) is 0 Å². The Hall–Kier alpha value is -0.740. The van der Waals surface area contributed by atoms with Crippen LogP contribution in [0, 0.1) is 13.8 Å². The fourth-order valence-electron chi connectivity index (χ4n) is 1.48. The van der Waals surface area contributed by atoms with Gasteiger partial charge in [0.1, 0.15) is 5.75 Å². The van der Waals surface area contributed by atoms with Crippen molar-refractivity contribution in [1.29, 1.82) is 0 Å². The quantitative estimate of drug-likeness (QED) is 0.784. The number of benzene rings is 1. The molecule has 88 valence electrons. The summed E-state index contributed by atoms with van der Waals surface area (Å²) in [7, 11) is 2.85. The lowest BCUT2D eigenvalue weighted by atomic mass is 10.0. The van der Waals surface area contributed by atoms with Gasteiger partial charge in [-0.3, -0.25) is 0 Å². The highest BCUT2D eigenvalue weighted by Gasteiger charge is 2.22. The molecule has 0 aliphatic heterocycles. The molecule has 0 bridgehead atoms. The summed E-state index contributed by atoms with van der Waals surface area (Å²) in [5.41, 5.74) is 1.86. The normalized spacial score (nSPS) is 10.1. The molecule has 0 fully saturated rings. The van der Waals surface area contributed by atoms with E-state index in [1.54, 1.807) is 13.8 Å². The summed E-state index contributed by atoms with van der Waals surface area (Å²) >= 11 is 9.46. The molecule has 0 heterocycles. The maximum Gasteiger partial charge on any atom is 0.339 e. The number of esters is 1. The van der Waals surface area contributed by atoms with Gasteiger partial charge < -0.3 is 9.47 Å². The lowest BCUT2D eigenvalue weighted by Crippen LogP contribution is -2.08. The number of rotatable bonds is 2. The van der Waals surface area contributed by atoms with Gasteiger partial charge in [0.05, 0.1) is 24.8 Å². The van der Waals surface area contributed by atoms with Crippen molar-refractivity contribution in [3.63, 3.8) is 0 Å². The van der Waals surface area contributed by atoms with Crippen LogP contribution >= 0.6 is 27.5 Å². The highest BCUT2D eigenvalue weighted by Crippen LogP contribution is 2.39. The number of carbonyl (C=O) groups is 1. The predicted molar refractivity (Wildman–Crippen MR) is 66.5 cm³/mol. The van der Waals surface area contributed by atoms with E-state index in [2.05, 4.69) is 15.9 Å². The molecule has 0 aliphatic rings. The minimum Gasteiger partial charge on any atom is -0.495 e. The van der Waals surface area contributed by atoms with Crippen LogP contribution in [0.5, 0.6) is 5.75 Å². The molecule has 0 atom stereocenters. The molecule has 0 spiro atoms. The summed E-state index contributed by atoms with van der Waals surface area (Å²) in [6.07, 6.45) is 0. The van der Waals surface area contributed by atoms with Crippen LogP contribution in [0.2, 0.25) is 5.02 Å². The Morgan fingerprint density at radius 3 is 2.25 bits per heavy atom. The van der Waals surface area contributed by atoms with Crippen LogP contribution in [0.15, 0.2) is 4.47 Å². The van der Waals surface area contributed by atoms with E-state index in [9.17, 15) is 4.79 Å². The van der Waals surface area contributed by atoms with E-state index in [-0.39, 0.29) is 0 Å². The Kier molecular flexibility index (Phi) is 4.21. The van der Waals surface area contributed by atoms with Crippen LogP contribution in [-0.2, 0) is 4.74 Å². The summed E-state index contributed by atoms with van der Waals surface area (Å²) in [5.74, 6) is 0.0882. The Bertz CT molecular complexity index is 444. The zero-order valence-electron chi connectivity index (χ0n) is 9.48. The fraction of sp³-hybridized carbons (Fsp3) is 0.364. The zero-order chi connectivity index (χ0) is 12.5. The third kappa shape index (κ3) is 2.04. The second kappa shape index (κ2) is 5.06. The van der Waals surface area contributed by atoms with Gasteiger partial charge in [-0.05, 0) is 35.3 Å². The van der Waals surface area contributed by atoms with Gasteiger partial charge in [-0.15, -0.1) is 0 Å². The summed E-state index contributed by atoms with van der Waals surface area (Å²) in [6, 6.07) is 0. The first-order chi connectivity index (χ1) is 7.45. The van der Waals surface area contributed by atoms with E-state index in [0.29, 0.717) is 26.4 Å². The Balaban J connectivity index is 3.62. The van der Waals surface area contributed by atoms with Crippen molar-refractivity contribution in [3.8, 4) is 5.75 Å². The average molecular weight is 308 g/mol. The van der Waals surface area contributed by atoms with Crippen molar-refractivity contribution in [2.24, 2.45) is 0 Å². The molecule has 0 amide bonds. The lowest BCUT2D eigenvalue weighted by Gasteiger charge is -2.15. The third-order valence-electron chi connectivity index (χ3n) is 2.39. The number of hydrogen-bond donors (Lipinski definition) is 0. The van der Waals surface area contributed by atoms with Crippen molar-refractivity contribution < 1.29 is 14.3 Å². The van der Waals surface area contributed by atoms with Crippen LogP contribution in [0.3, 0.4) is 0 Å². The SMILES string of the molecule is COC(=O)c1c(C)c(OC)c(Cl)c(C)c1Br. The van der Waals surface area contributed by atoms with Crippen molar-refractivity contribution in [2.75, 3.05) is 14.2 Å². The summed E-state index contributed by atoms with van der Waals surface area (Å²) in [5, 5.41) is 0.500. The molecule has 0 aromatic heterocycles. The first kappa shape index (κ1) is 13.3. The summed E-state index contributed by atoms with van der Waals surface area (Å²) in [6.45, 7) is 3.57. The predicted octanol–water partition coefficient (Wildman–Crippen LogP) is 3.51. The molecule has 0 unspecified atom stereocenters. The van der Waals surface area contributed by atoms with Gasteiger partial charge in [-0.25, -0.2) is 4.79 Å². The molecule has 0 aliphatic carbocycles. The van der Waals surface area contributed by atoms with Gasteiger partial charge in [-0.1, -0.05) is 11.6 Å². The molecule has 0 N–H and O–H groups in total. The number of carbonyl (C=O) groups excluding carboxylic acids is 1. The number of halogens is 2. The Morgan fingerprint density at radius 2 is 1.81 bits per heavy atom. The largest absolute Gasteiger partial charge is 0.495 e. The molecular formula is C11H12BrClO3. The van der Waals surface area contributed by atoms with Crippen molar-refractivity contribution in [1.82, 2.24) is 0 Å². The number of methoxy groups -OCH3 is 2. The Morgan fingerprint density at radius 1 is 1.25 bits per heavy atom. The molecule has 5 heteroatoms. The number of hydrogen-bond acceptors (Lipinski definition) is 3. The summed E-state index contributed by atoms with van der Waals surface area (Å²) in [4.78, 5) is 11.6. The average Bonchev–Trinajstić information content (AvgIpc) is 2.27. The second-order valence-electron chi connectivity index (χ2n) is 3.28. The van der Waals surface area contributed by atoms with E-state index in [1.165, 1.54) is 14.2 Å². The zero-order valence-corrected chi connectivity index (χ0v) is 11.8. The standard InChI is InChI=1S/C11H12BrClO3/c1-5-7(11(14)16-4)8(12)6(2)9(13)10(5)15-3/h1-4H3. The summed E-state index contributed by atoms with van der Waals surface area (Å²) < 4.78 is 10.6. The van der Waals surface area contributed by atoms with Crippen LogP contribution in [0.4, 0.5) is 0 Å². The molecule has 3 nitrogen and oxygen atoms in total. The smallest absolute Gasteiger partial charge is 0.339 e. The topological polar surface area (TPSA) is 35.5 Å². The fourth-order valence-corrected chi connectivity index (χ4v) is 2.57. The van der Waals surface area contributed by atoms with E-state index < -0.39 is 5.97 Å². The van der Waals surface area contributed by atoms with E-state index in [1.807, 2.05) is 0 Å². The molecule has 16 heavy (non-hydrogen) atoms. The molecule has 1 aromatic rings. The van der Waals surface area contributed by atoms with Crippen molar-refractivity contribution >= 4 is 33.5 Å². The highest BCUT2D eigenvalue weighted by atomic mass is 79.9. The van der Waals surface area contributed by atoms with Gasteiger partial charge in [0, 0.05) is 10.0 Å². The molecule has 0 saturated heterocycles. The van der Waals surface area contributed by atoms with E-state index in [4.69, 9.17) is 21.1 Å². The van der Waals surface area contributed by atoms with Crippen molar-refractivity contribution in [2.45, 2.75) is 13.8 Å². The molecule has 0 radical (unpaired) electrons. The minimum absolute atomic E-state index is 0.414. The maximum absolute atomic E-state index is 11.6. The van der Waals surface area contributed by atoms with Gasteiger partial charge >= 0.3 is 5.97 Å². The monoisotopic (exact) mass is 306 g/mol. The van der Waals surface area contributed by atoms with Crippen LogP contribution in [0.1, 0.15) is 21.5 Å². The maximum atomic E-state index is 11.6. The van der Waals surface area contributed by atoms with Crippen molar-refractivity contribution in [3.05, 3.63) is 26.2 Å². The Labute approximate surface area is 108 Å². The minimum atomic E-state index is -0.414. The van der Waals surface area contributed by atoms with Crippen LogP contribution in [-0.4, -0.2) is 20.2 Å². The van der Waals surface area contributed by atoms with E-state index >= 15 is 0 Å². The van der Waals surface area contributed by atoms with Crippen LogP contribution < -0.4 is 4.74 Å². The molecular weight excluding hydrogens is 295 g/mol.